The van der Waals surface area contributed by atoms with Crippen molar-refractivity contribution in [1.29, 1.82) is 0 Å². The molecule has 108 valence electrons. The van der Waals surface area contributed by atoms with Crippen LogP contribution in [0.1, 0.15) is 44.3 Å². The lowest BCUT2D eigenvalue weighted by molar-refractivity contribution is -0.123. The van der Waals surface area contributed by atoms with E-state index in [4.69, 9.17) is 4.74 Å². The smallest absolute Gasteiger partial charge is 0.286 e. The van der Waals surface area contributed by atoms with Gasteiger partial charge in [-0.25, -0.2) is 4.98 Å². The molecule has 3 rings (SSSR count). The number of rotatable bonds is 2. The number of ether oxygens (including phenoxy) is 1. The van der Waals surface area contributed by atoms with Crippen LogP contribution in [0, 0.1) is 5.92 Å². The van der Waals surface area contributed by atoms with E-state index >= 15 is 0 Å². The molecule has 2 aliphatic rings. The van der Waals surface area contributed by atoms with Gasteiger partial charge in [-0.1, -0.05) is 6.92 Å². The van der Waals surface area contributed by atoms with Crippen molar-refractivity contribution in [2.75, 3.05) is 13.2 Å². The number of hydrogen-bond acceptors (Lipinski definition) is 3. The van der Waals surface area contributed by atoms with Crippen LogP contribution in [0.3, 0.4) is 0 Å². The van der Waals surface area contributed by atoms with Gasteiger partial charge in [-0.3, -0.25) is 4.79 Å². The van der Waals surface area contributed by atoms with E-state index in [0.29, 0.717) is 25.0 Å². The summed E-state index contributed by atoms with van der Waals surface area (Å²) in [6, 6.07) is 0.548. The number of morpholine rings is 1. The van der Waals surface area contributed by atoms with Gasteiger partial charge in [0.25, 0.3) is 5.91 Å². The number of nitrogens with one attached hydrogen (secondary N) is 1. The fourth-order valence-electron chi connectivity index (χ4n) is 2.89. The Morgan fingerprint density at radius 3 is 2.95 bits per heavy atom. The van der Waals surface area contributed by atoms with Gasteiger partial charge in [0.1, 0.15) is 6.61 Å². The van der Waals surface area contributed by atoms with Gasteiger partial charge < -0.3 is 14.6 Å². The molecule has 0 bridgehead atoms. The van der Waals surface area contributed by atoms with Crippen LogP contribution in [0.5, 0.6) is 0 Å². The Kier molecular flexibility index (Phi) is 3.76. The van der Waals surface area contributed by atoms with E-state index in [-0.39, 0.29) is 5.91 Å². The maximum absolute atomic E-state index is 11.6. The Labute approximate surface area is 119 Å². The minimum Gasteiger partial charge on any atom is -0.486 e. The summed E-state index contributed by atoms with van der Waals surface area (Å²) in [7, 11) is 0. The molecule has 5 nitrogen and oxygen atoms in total. The Hall–Kier alpha value is -1.78. The molecule has 1 saturated carbocycles. The first-order chi connectivity index (χ1) is 9.72. The Bertz CT molecular complexity index is 513. The fraction of sp³-hybridized carbons (Fsp3) is 0.600. The van der Waals surface area contributed by atoms with Crippen LogP contribution in [-0.4, -0.2) is 28.6 Å². The quantitative estimate of drug-likeness (QED) is 0.841. The van der Waals surface area contributed by atoms with Crippen LogP contribution in [0.4, 0.5) is 0 Å². The van der Waals surface area contributed by atoms with Gasteiger partial charge in [0.2, 0.25) is 0 Å². The zero-order chi connectivity index (χ0) is 13.9. The van der Waals surface area contributed by atoms with E-state index in [1.54, 1.807) is 6.08 Å². The van der Waals surface area contributed by atoms with Crippen LogP contribution < -0.4 is 5.32 Å². The van der Waals surface area contributed by atoms with Crippen molar-refractivity contribution in [1.82, 2.24) is 14.9 Å². The third-order valence-electron chi connectivity index (χ3n) is 4.18. The Balaban J connectivity index is 1.70. The van der Waals surface area contributed by atoms with E-state index in [1.165, 1.54) is 25.7 Å². The molecule has 20 heavy (non-hydrogen) atoms. The van der Waals surface area contributed by atoms with Crippen molar-refractivity contribution in [3.63, 3.8) is 0 Å². The lowest BCUT2D eigenvalue weighted by Gasteiger charge is -2.26. The Morgan fingerprint density at radius 1 is 1.40 bits per heavy atom. The molecule has 0 aromatic carbocycles. The van der Waals surface area contributed by atoms with Crippen LogP contribution in [0.25, 0.3) is 6.08 Å². The van der Waals surface area contributed by atoms with Gasteiger partial charge in [0.15, 0.2) is 5.76 Å². The van der Waals surface area contributed by atoms with Crippen molar-refractivity contribution in [3.05, 3.63) is 24.0 Å². The lowest BCUT2D eigenvalue weighted by atomic mass is 9.87. The van der Waals surface area contributed by atoms with E-state index in [2.05, 4.69) is 21.8 Å². The van der Waals surface area contributed by atoms with Gasteiger partial charge in [-0.15, -0.1) is 0 Å². The van der Waals surface area contributed by atoms with Crippen molar-refractivity contribution in [3.8, 4) is 0 Å². The number of amides is 1. The van der Waals surface area contributed by atoms with E-state index in [0.717, 1.165) is 11.6 Å². The molecule has 1 saturated heterocycles. The van der Waals surface area contributed by atoms with Crippen molar-refractivity contribution in [2.45, 2.75) is 38.6 Å². The molecule has 5 heteroatoms. The minimum atomic E-state index is -0.155. The summed E-state index contributed by atoms with van der Waals surface area (Å²) in [6.45, 7) is 3.42. The first-order valence-electron chi connectivity index (χ1n) is 7.38. The first-order valence-corrected chi connectivity index (χ1v) is 7.38. The number of carbonyl (C=O) groups is 1. The summed E-state index contributed by atoms with van der Waals surface area (Å²) in [5.41, 5.74) is 0.788. The maximum atomic E-state index is 11.6. The molecule has 2 heterocycles. The normalized spacial score (nSPS) is 29.1. The van der Waals surface area contributed by atoms with Crippen LogP contribution in [0.15, 0.2) is 18.3 Å². The van der Waals surface area contributed by atoms with Crippen LogP contribution in [-0.2, 0) is 9.53 Å². The number of imidazole rings is 1. The van der Waals surface area contributed by atoms with E-state index in [9.17, 15) is 4.79 Å². The average Bonchev–Trinajstić information content (AvgIpc) is 2.91. The number of carbonyl (C=O) groups excluding carboxylic acids is 1. The minimum absolute atomic E-state index is 0.155. The highest BCUT2D eigenvalue weighted by Gasteiger charge is 2.20. The number of hydrogen-bond donors (Lipinski definition) is 1. The summed E-state index contributed by atoms with van der Waals surface area (Å²) in [6.07, 6.45) is 10.6. The van der Waals surface area contributed by atoms with Crippen LogP contribution in [0.2, 0.25) is 0 Å². The average molecular weight is 275 g/mol. The molecule has 0 radical (unpaired) electrons. The van der Waals surface area contributed by atoms with Crippen molar-refractivity contribution >= 4 is 12.0 Å². The predicted octanol–water partition coefficient (Wildman–Crippen LogP) is 2.12. The summed E-state index contributed by atoms with van der Waals surface area (Å²) < 4.78 is 7.54. The monoisotopic (exact) mass is 275 g/mol. The number of nitrogens with zero attached hydrogens (tertiary/aromatic N) is 2. The summed E-state index contributed by atoms with van der Waals surface area (Å²) in [5, 5.41) is 2.76. The van der Waals surface area contributed by atoms with Crippen molar-refractivity contribution in [2.24, 2.45) is 5.92 Å². The van der Waals surface area contributed by atoms with E-state index in [1.807, 2.05) is 12.5 Å². The molecule has 1 aliphatic heterocycles. The second-order valence-electron chi connectivity index (χ2n) is 5.77. The zero-order valence-corrected chi connectivity index (χ0v) is 11.8. The molecule has 1 amide bonds. The van der Waals surface area contributed by atoms with Gasteiger partial charge >= 0.3 is 0 Å². The summed E-state index contributed by atoms with van der Waals surface area (Å²) in [5.74, 6) is 1.05. The Morgan fingerprint density at radius 2 is 2.20 bits per heavy atom. The third-order valence-corrected chi connectivity index (χ3v) is 4.18. The van der Waals surface area contributed by atoms with Gasteiger partial charge in [-0.2, -0.15) is 0 Å². The van der Waals surface area contributed by atoms with E-state index < -0.39 is 0 Å². The molecule has 0 unspecified atom stereocenters. The molecule has 1 aliphatic carbocycles. The largest absolute Gasteiger partial charge is 0.486 e. The van der Waals surface area contributed by atoms with Crippen LogP contribution >= 0.6 is 0 Å². The molecule has 1 aromatic rings. The highest BCUT2D eigenvalue weighted by Crippen LogP contribution is 2.31. The SMILES string of the molecule is C[C@H]1CC[C@H](n2cnc(C=C3OCCNC3=O)c2)CC1. The molecular formula is C15H21N3O2. The standard InChI is InChI=1S/C15H21N3O2/c1-11-2-4-13(5-3-11)18-9-12(17-10-18)8-14-15(19)16-6-7-20-14/h8-11,13H,2-7H2,1H3,(H,16,19)/t11-,13-. The zero-order valence-electron chi connectivity index (χ0n) is 11.8. The predicted molar refractivity (Wildman–Crippen MR) is 75.8 cm³/mol. The molecule has 2 fully saturated rings. The molecule has 0 atom stereocenters. The van der Waals surface area contributed by atoms with Crippen molar-refractivity contribution < 1.29 is 9.53 Å². The van der Waals surface area contributed by atoms with Gasteiger partial charge in [0, 0.05) is 18.3 Å². The second kappa shape index (κ2) is 5.69. The summed E-state index contributed by atoms with van der Waals surface area (Å²) in [4.78, 5) is 16.0. The molecule has 1 aromatic heterocycles. The second-order valence-corrected chi connectivity index (χ2v) is 5.77. The van der Waals surface area contributed by atoms with Gasteiger partial charge in [-0.05, 0) is 31.6 Å². The number of aromatic nitrogens is 2. The molecule has 0 spiro atoms. The highest BCUT2D eigenvalue weighted by molar-refractivity contribution is 5.96. The molecular weight excluding hydrogens is 254 g/mol. The highest BCUT2D eigenvalue weighted by atomic mass is 16.5. The maximum Gasteiger partial charge on any atom is 0.286 e. The molecule has 1 N–H and O–H groups in total. The summed E-state index contributed by atoms with van der Waals surface area (Å²) >= 11 is 0. The fourth-order valence-corrected chi connectivity index (χ4v) is 2.89. The lowest BCUT2D eigenvalue weighted by Crippen LogP contribution is -2.34. The van der Waals surface area contributed by atoms with Gasteiger partial charge in [0.05, 0.1) is 18.6 Å². The first kappa shape index (κ1) is 13.2. The third kappa shape index (κ3) is 2.86. The topological polar surface area (TPSA) is 56.1 Å².